The molecule has 0 unspecified atom stereocenters. The van der Waals surface area contributed by atoms with E-state index >= 15 is 0 Å². The third-order valence-electron chi connectivity index (χ3n) is 2.56. The molecule has 0 radical (unpaired) electrons. The van der Waals surface area contributed by atoms with Gasteiger partial charge < -0.3 is 10.6 Å². The Morgan fingerprint density at radius 1 is 1.00 bits per heavy atom. The van der Waals surface area contributed by atoms with Crippen molar-refractivity contribution in [3.05, 3.63) is 0 Å². The second kappa shape index (κ2) is 9.47. The van der Waals surface area contributed by atoms with E-state index in [1.54, 1.807) is 0 Å². The summed E-state index contributed by atoms with van der Waals surface area (Å²) in [6, 6.07) is 0.348. The summed E-state index contributed by atoms with van der Waals surface area (Å²) in [5.74, 6) is 0. The number of nitrogens with two attached hydrogens (primary N) is 1. The van der Waals surface area contributed by atoms with Gasteiger partial charge in [-0.15, -0.1) is 0 Å². The highest BCUT2D eigenvalue weighted by atomic mass is 15.1. The fourth-order valence-corrected chi connectivity index (χ4v) is 1.49. The van der Waals surface area contributed by atoms with Gasteiger partial charge in [0.25, 0.3) is 0 Å². The molecule has 0 aliphatic heterocycles. The summed E-state index contributed by atoms with van der Waals surface area (Å²) in [6.45, 7) is 10.3. The van der Waals surface area contributed by atoms with Gasteiger partial charge in [-0.3, -0.25) is 0 Å². The standard InChI is InChI=1S/C12H28N2/c1-4-6-9-14(10-7-5-2)11-8-12(3)13/h12H,4-11,13H2,1-3H3/t12-/m0/s1. The SMILES string of the molecule is CCCCN(CCCC)CC[C@H](C)N. The predicted molar refractivity (Wildman–Crippen MR) is 64.5 cm³/mol. The Morgan fingerprint density at radius 3 is 1.86 bits per heavy atom. The van der Waals surface area contributed by atoms with E-state index in [4.69, 9.17) is 5.73 Å². The molecule has 1 atom stereocenters. The van der Waals surface area contributed by atoms with Crippen molar-refractivity contribution in [1.82, 2.24) is 4.90 Å². The fourth-order valence-electron chi connectivity index (χ4n) is 1.49. The normalized spacial score (nSPS) is 13.5. The Labute approximate surface area is 89.9 Å². The largest absolute Gasteiger partial charge is 0.328 e. The predicted octanol–water partition coefficient (Wildman–Crippen LogP) is 2.63. The van der Waals surface area contributed by atoms with Crippen LogP contribution in [0.4, 0.5) is 0 Å². The van der Waals surface area contributed by atoms with Crippen molar-refractivity contribution >= 4 is 0 Å². The van der Waals surface area contributed by atoms with E-state index < -0.39 is 0 Å². The highest BCUT2D eigenvalue weighted by Gasteiger charge is 2.04. The number of rotatable bonds is 9. The molecule has 0 aromatic rings. The first-order valence-electron chi connectivity index (χ1n) is 6.18. The van der Waals surface area contributed by atoms with Gasteiger partial charge >= 0.3 is 0 Å². The highest BCUT2D eigenvalue weighted by molar-refractivity contribution is 4.62. The zero-order chi connectivity index (χ0) is 10.8. The van der Waals surface area contributed by atoms with Crippen molar-refractivity contribution in [3.8, 4) is 0 Å². The summed E-state index contributed by atoms with van der Waals surface area (Å²) in [6.07, 6.45) is 6.36. The van der Waals surface area contributed by atoms with E-state index in [1.807, 2.05) is 0 Å². The van der Waals surface area contributed by atoms with Gasteiger partial charge in [-0.2, -0.15) is 0 Å². The minimum Gasteiger partial charge on any atom is -0.328 e. The first-order valence-corrected chi connectivity index (χ1v) is 6.18. The zero-order valence-corrected chi connectivity index (χ0v) is 10.3. The quantitative estimate of drug-likeness (QED) is 0.620. The minimum absolute atomic E-state index is 0.348. The fraction of sp³-hybridized carbons (Fsp3) is 1.00. The van der Waals surface area contributed by atoms with Crippen molar-refractivity contribution in [2.24, 2.45) is 5.73 Å². The molecule has 0 fully saturated rings. The number of hydrogen-bond donors (Lipinski definition) is 1. The maximum Gasteiger partial charge on any atom is 0.00226 e. The molecule has 0 aliphatic carbocycles. The van der Waals surface area contributed by atoms with Gasteiger partial charge in [-0.1, -0.05) is 26.7 Å². The van der Waals surface area contributed by atoms with E-state index in [9.17, 15) is 0 Å². The van der Waals surface area contributed by atoms with Crippen LogP contribution >= 0.6 is 0 Å². The molecule has 0 bridgehead atoms. The van der Waals surface area contributed by atoms with E-state index in [0.717, 1.165) is 6.42 Å². The molecular weight excluding hydrogens is 172 g/mol. The topological polar surface area (TPSA) is 29.3 Å². The molecule has 0 amide bonds. The third kappa shape index (κ3) is 8.52. The van der Waals surface area contributed by atoms with Gasteiger partial charge in [0.05, 0.1) is 0 Å². The van der Waals surface area contributed by atoms with Gasteiger partial charge in [0.2, 0.25) is 0 Å². The number of hydrogen-bond acceptors (Lipinski definition) is 2. The Balaban J connectivity index is 3.60. The van der Waals surface area contributed by atoms with Crippen LogP contribution in [0, 0.1) is 0 Å². The number of nitrogens with zero attached hydrogens (tertiary/aromatic N) is 1. The Morgan fingerprint density at radius 2 is 1.50 bits per heavy atom. The van der Waals surface area contributed by atoms with Crippen LogP contribution in [0.25, 0.3) is 0 Å². The monoisotopic (exact) mass is 200 g/mol. The molecule has 2 heteroatoms. The van der Waals surface area contributed by atoms with Crippen molar-refractivity contribution in [3.63, 3.8) is 0 Å². The lowest BCUT2D eigenvalue weighted by Gasteiger charge is -2.22. The molecule has 0 saturated carbocycles. The van der Waals surface area contributed by atoms with Crippen LogP contribution in [-0.2, 0) is 0 Å². The summed E-state index contributed by atoms with van der Waals surface area (Å²) < 4.78 is 0. The van der Waals surface area contributed by atoms with Crippen LogP contribution in [0.3, 0.4) is 0 Å². The molecule has 0 aromatic heterocycles. The Kier molecular flexibility index (Phi) is 9.42. The highest BCUT2D eigenvalue weighted by Crippen LogP contribution is 2.01. The lowest BCUT2D eigenvalue weighted by molar-refractivity contribution is 0.257. The van der Waals surface area contributed by atoms with Crippen LogP contribution in [0.2, 0.25) is 0 Å². The molecule has 0 saturated heterocycles. The summed E-state index contributed by atoms with van der Waals surface area (Å²) in [5.41, 5.74) is 5.77. The summed E-state index contributed by atoms with van der Waals surface area (Å²) in [4.78, 5) is 2.57. The second-order valence-corrected chi connectivity index (χ2v) is 4.31. The Hall–Kier alpha value is -0.0800. The van der Waals surface area contributed by atoms with Crippen LogP contribution in [0.1, 0.15) is 52.9 Å². The van der Waals surface area contributed by atoms with E-state index in [-0.39, 0.29) is 0 Å². The van der Waals surface area contributed by atoms with Gasteiger partial charge in [-0.05, 0) is 45.8 Å². The maximum atomic E-state index is 5.77. The zero-order valence-electron chi connectivity index (χ0n) is 10.3. The molecule has 0 spiro atoms. The lowest BCUT2D eigenvalue weighted by atomic mass is 10.2. The van der Waals surface area contributed by atoms with Crippen molar-refractivity contribution in [2.45, 2.75) is 58.9 Å². The summed E-state index contributed by atoms with van der Waals surface area (Å²) in [7, 11) is 0. The van der Waals surface area contributed by atoms with Crippen LogP contribution in [0.15, 0.2) is 0 Å². The molecule has 0 rings (SSSR count). The average molecular weight is 200 g/mol. The van der Waals surface area contributed by atoms with Gasteiger partial charge in [0.1, 0.15) is 0 Å². The van der Waals surface area contributed by atoms with Gasteiger partial charge in [-0.25, -0.2) is 0 Å². The van der Waals surface area contributed by atoms with Crippen molar-refractivity contribution in [2.75, 3.05) is 19.6 Å². The molecule has 0 aromatic carbocycles. The molecule has 14 heavy (non-hydrogen) atoms. The van der Waals surface area contributed by atoms with E-state index in [2.05, 4.69) is 25.7 Å². The lowest BCUT2D eigenvalue weighted by Crippen LogP contribution is -2.31. The van der Waals surface area contributed by atoms with E-state index in [1.165, 1.54) is 45.3 Å². The molecule has 86 valence electrons. The van der Waals surface area contributed by atoms with Crippen molar-refractivity contribution < 1.29 is 0 Å². The van der Waals surface area contributed by atoms with Crippen LogP contribution in [-0.4, -0.2) is 30.6 Å². The number of unbranched alkanes of at least 4 members (excludes halogenated alkanes) is 2. The molecular formula is C12H28N2. The molecule has 2 nitrogen and oxygen atoms in total. The second-order valence-electron chi connectivity index (χ2n) is 4.31. The van der Waals surface area contributed by atoms with E-state index in [0.29, 0.717) is 6.04 Å². The first kappa shape index (κ1) is 13.9. The van der Waals surface area contributed by atoms with Crippen molar-refractivity contribution in [1.29, 1.82) is 0 Å². The van der Waals surface area contributed by atoms with Gasteiger partial charge in [0.15, 0.2) is 0 Å². The first-order chi connectivity index (χ1) is 6.70. The molecule has 0 heterocycles. The summed E-state index contributed by atoms with van der Waals surface area (Å²) >= 11 is 0. The maximum absolute atomic E-state index is 5.77. The minimum atomic E-state index is 0.348. The smallest absolute Gasteiger partial charge is 0.00226 e. The van der Waals surface area contributed by atoms with Crippen LogP contribution in [0.5, 0.6) is 0 Å². The summed E-state index contributed by atoms with van der Waals surface area (Å²) in [5, 5.41) is 0. The third-order valence-corrected chi connectivity index (χ3v) is 2.56. The van der Waals surface area contributed by atoms with Crippen LogP contribution < -0.4 is 5.73 Å². The Bertz CT molecular complexity index is 105. The van der Waals surface area contributed by atoms with Gasteiger partial charge in [0, 0.05) is 6.04 Å². The molecule has 2 N–H and O–H groups in total. The molecule has 0 aliphatic rings. The average Bonchev–Trinajstić information content (AvgIpc) is 2.16.